The maximum atomic E-state index is 4.99. The average Bonchev–Trinajstić information content (AvgIpc) is 2.61. The first kappa shape index (κ1) is 23.7. The lowest BCUT2D eigenvalue weighted by molar-refractivity contribution is -0.0563. The molecule has 4 heteroatoms. The van der Waals surface area contributed by atoms with E-state index in [0.29, 0.717) is 5.92 Å². The van der Waals surface area contributed by atoms with Crippen molar-refractivity contribution in [2.45, 2.75) is 97.8 Å². The van der Waals surface area contributed by atoms with Gasteiger partial charge in [-0.3, -0.25) is 14.9 Å². The van der Waals surface area contributed by atoms with Crippen LogP contribution in [0.15, 0.2) is 18.6 Å². The predicted octanol–water partition coefficient (Wildman–Crippen LogP) is 6.01. The molecule has 0 radical (unpaired) electrons. The van der Waals surface area contributed by atoms with Gasteiger partial charge >= 0.3 is 0 Å². The fourth-order valence-corrected chi connectivity index (χ4v) is 4.99. The molecule has 1 aliphatic rings. The zero-order valence-electron chi connectivity index (χ0n) is 19.9. The van der Waals surface area contributed by atoms with E-state index in [1.165, 1.54) is 12.8 Å². The maximum Gasteiger partial charge on any atom is 0.0661 e. The van der Waals surface area contributed by atoms with Crippen LogP contribution in [0.5, 0.6) is 0 Å². The summed E-state index contributed by atoms with van der Waals surface area (Å²) in [6.07, 6.45) is 8.04. The van der Waals surface area contributed by atoms with E-state index in [1.807, 2.05) is 12.4 Å². The minimum Gasteiger partial charge on any atom is -0.297 e. The minimum atomic E-state index is -0.0916. The Morgan fingerprint density at radius 2 is 1.57 bits per heavy atom. The Balaban J connectivity index is 2.32. The molecular weight excluding hydrogens is 362 g/mol. The van der Waals surface area contributed by atoms with Gasteiger partial charge in [0.1, 0.15) is 0 Å². The van der Waals surface area contributed by atoms with Crippen LogP contribution in [0.4, 0.5) is 0 Å². The van der Waals surface area contributed by atoms with Crippen molar-refractivity contribution in [1.29, 1.82) is 0 Å². The Kier molecular flexibility index (Phi) is 6.40. The molecule has 1 unspecified atom stereocenters. The standard InChI is InChI=1S/C24H43N3S/c1-20(2,22(5,6)24(9,10)28)18-12-11-15-27(17-18)23(7,8)21(3,4)19-16-25-13-14-26-19/h13-14,16,18,28H,11-12,15,17H2,1-10H3. The highest BCUT2D eigenvalue weighted by Crippen LogP contribution is 2.55. The molecule has 0 spiro atoms. The van der Waals surface area contributed by atoms with Gasteiger partial charge in [-0.05, 0) is 50.0 Å². The highest BCUT2D eigenvalue weighted by Gasteiger charge is 2.52. The highest BCUT2D eigenvalue weighted by atomic mass is 32.1. The molecule has 1 aliphatic heterocycles. The molecule has 3 nitrogen and oxygen atoms in total. The van der Waals surface area contributed by atoms with Gasteiger partial charge in [-0.2, -0.15) is 12.6 Å². The molecule has 160 valence electrons. The molecule has 1 atom stereocenters. The zero-order valence-corrected chi connectivity index (χ0v) is 20.8. The van der Waals surface area contributed by atoms with Gasteiger partial charge < -0.3 is 0 Å². The van der Waals surface area contributed by atoms with Gasteiger partial charge in [0.25, 0.3) is 0 Å². The van der Waals surface area contributed by atoms with Gasteiger partial charge in [0.15, 0.2) is 0 Å². The van der Waals surface area contributed by atoms with Crippen LogP contribution in [0.25, 0.3) is 0 Å². The van der Waals surface area contributed by atoms with Crippen molar-refractivity contribution in [3.63, 3.8) is 0 Å². The molecule has 0 aliphatic carbocycles. The minimum absolute atomic E-state index is 0.0155. The Morgan fingerprint density at radius 1 is 0.964 bits per heavy atom. The Labute approximate surface area is 179 Å². The second-order valence-electron chi connectivity index (χ2n) is 11.5. The summed E-state index contributed by atoms with van der Waals surface area (Å²) < 4.78 is -0.0345. The number of hydrogen-bond acceptors (Lipinski definition) is 4. The van der Waals surface area contributed by atoms with Crippen molar-refractivity contribution >= 4 is 12.6 Å². The number of aromatic nitrogens is 2. The second-order valence-corrected chi connectivity index (χ2v) is 12.6. The third-order valence-corrected chi connectivity index (χ3v) is 9.66. The van der Waals surface area contributed by atoms with E-state index in [2.05, 4.69) is 84.1 Å². The molecule has 1 aromatic heterocycles. The van der Waals surface area contributed by atoms with Crippen LogP contribution >= 0.6 is 12.6 Å². The monoisotopic (exact) mass is 405 g/mol. The number of nitrogens with zero attached hydrogens (tertiary/aromatic N) is 3. The molecule has 28 heavy (non-hydrogen) atoms. The lowest BCUT2D eigenvalue weighted by Crippen LogP contribution is -2.61. The van der Waals surface area contributed by atoms with Crippen LogP contribution in [-0.4, -0.2) is 38.2 Å². The Hall–Kier alpha value is -0.610. The number of thiol groups is 1. The van der Waals surface area contributed by atoms with Crippen molar-refractivity contribution in [2.24, 2.45) is 16.7 Å². The largest absolute Gasteiger partial charge is 0.297 e. The van der Waals surface area contributed by atoms with Crippen molar-refractivity contribution in [3.05, 3.63) is 24.3 Å². The molecule has 2 heterocycles. The molecule has 1 aromatic rings. The molecule has 0 N–H and O–H groups in total. The first-order valence-electron chi connectivity index (χ1n) is 10.8. The summed E-state index contributed by atoms with van der Waals surface area (Å²) >= 11 is 4.99. The topological polar surface area (TPSA) is 29.0 Å². The number of rotatable bonds is 6. The SMILES string of the molecule is CC(C)(S)C(C)(C)C(C)(C)C1CCCN(C(C)(C)C(C)(C)c2cnccn2)C1. The maximum absolute atomic E-state index is 4.99. The molecule has 0 aromatic carbocycles. The Bertz CT molecular complexity index is 656. The predicted molar refractivity (Wildman–Crippen MR) is 124 cm³/mol. The number of hydrogen-bond donors (Lipinski definition) is 1. The summed E-state index contributed by atoms with van der Waals surface area (Å²) in [4.78, 5) is 11.7. The quantitative estimate of drug-likeness (QED) is 0.588. The Morgan fingerprint density at radius 3 is 2.07 bits per heavy atom. The fraction of sp³-hybridized carbons (Fsp3) is 0.833. The third kappa shape index (κ3) is 3.88. The van der Waals surface area contributed by atoms with Crippen molar-refractivity contribution in [2.75, 3.05) is 13.1 Å². The lowest BCUT2D eigenvalue weighted by atomic mass is 9.55. The van der Waals surface area contributed by atoms with Gasteiger partial charge in [-0.1, -0.05) is 55.4 Å². The van der Waals surface area contributed by atoms with E-state index in [1.54, 1.807) is 6.20 Å². The smallest absolute Gasteiger partial charge is 0.0661 e. The van der Waals surface area contributed by atoms with Gasteiger partial charge in [-0.15, -0.1) is 0 Å². The summed E-state index contributed by atoms with van der Waals surface area (Å²) in [7, 11) is 0. The van der Waals surface area contributed by atoms with E-state index >= 15 is 0 Å². The van der Waals surface area contributed by atoms with E-state index < -0.39 is 0 Å². The van der Waals surface area contributed by atoms with Gasteiger partial charge in [0.05, 0.1) is 5.69 Å². The molecule has 0 saturated carbocycles. The summed E-state index contributed by atoms with van der Waals surface area (Å²) in [6, 6.07) is 0. The first-order chi connectivity index (χ1) is 12.6. The molecule has 0 amide bonds. The number of piperidine rings is 1. The van der Waals surface area contributed by atoms with Crippen LogP contribution in [0, 0.1) is 16.7 Å². The van der Waals surface area contributed by atoms with Crippen LogP contribution in [0.2, 0.25) is 0 Å². The molecule has 1 saturated heterocycles. The van der Waals surface area contributed by atoms with E-state index in [-0.39, 0.29) is 26.5 Å². The van der Waals surface area contributed by atoms with Gasteiger partial charge in [0, 0.05) is 40.8 Å². The van der Waals surface area contributed by atoms with Crippen molar-refractivity contribution < 1.29 is 0 Å². The summed E-state index contributed by atoms with van der Waals surface area (Å²) in [5, 5.41) is 0. The van der Waals surface area contributed by atoms with Gasteiger partial charge in [-0.25, -0.2) is 0 Å². The van der Waals surface area contributed by atoms with E-state index in [4.69, 9.17) is 12.6 Å². The summed E-state index contributed by atoms with van der Waals surface area (Å²) in [6.45, 7) is 25.9. The zero-order chi connectivity index (χ0) is 21.6. The van der Waals surface area contributed by atoms with E-state index in [9.17, 15) is 0 Å². The van der Waals surface area contributed by atoms with E-state index in [0.717, 1.165) is 18.8 Å². The van der Waals surface area contributed by atoms with Crippen LogP contribution in [0.1, 0.15) is 87.8 Å². The first-order valence-corrected chi connectivity index (χ1v) is 11.3. The highest BCUT2D eigenvalue weighted by molar-refractivity contribution is 7.81. The number of likely N-dealkylation sites (tertiary alicyclic amines) is 1. The van der Waals surface area contributed by atoms with Crippen LogP contribution < -0.4 is 0 Å². The van der Waals surface area contributed by atoms with Crippen LogP contribution in [0.3, 0.4) is 0 Å². The molecule has 2 rings (SSSR count). The van der Waals surface area contributed by atoms with Crippen molar-refractivity contribution in [1.82, 2.24) is 14.9 Å². The molecular formula is C24H43N3S. The summed E-state index contributed by atoms with van der Waals surface area (Å²) in [5.74, 6) is 0.639. The lowest BCUT2D eigenvalue weighted by Gasteiger charge is -2.58. The molecule has 0 bridgehead atoms. The average molecular weight is 406 g/mol. The van der Waals surface area contributed by atoms with Crippen LogP contribution in [-0.2, 0) is 5.41 Å². The molecule has 1 fully saturated rings. The van der Waals surface area contributed by atoms with Gasteiger partial charge in [0.2, 0.25) is 0 Å². The van der Waals surface area contributed by atoms with Crippen molar-refractivity contribution in [3.8, 4) is 0 Å². The third-order valence-electron chi connectivity index (χ3n) is 9.11. The fourth-order valence-electron chi connectivity index (χ4n) is 4.70. The summed E-state index contributed by atoms with van der Waals surface area (Å²) in [5.41, 5.74) is 1.26. The second kappa shape index (κ2) is 7.58. The normalized spacial score (nSPS) is 21.0.